The molecule has 20 heavy (non-hydrogen) atoms. The second-order valence-corrected chi connectivity index (χ2v) is 4.86. The van der Waals surface area contributed by atoms with E-state index in [9.17, 15) is 9.90 Å². The number of rotatable bonds is 5. The molecular formula is C12H20N4O4. The van der Waals surface area contributed by atoms with E-state index in [1.165, 1.54) is 11.8 Å². The molecule has 0 bridgehead atoms. The Morgan fingerprint density at radius 3 is 2.85 bits per heavy atom. The fourth-order valence-corrected chi connectivity index (χ4v) is 2.45. The van der Waals surface area contributed by atoms with Crippen molar-refractivity contribution in [1.82, 2.24) is 20.3 Å². The molecule has 1 aromatic rings. The molecule has 1 saturated heterocycles. The van der Waals surface area contributed by atoms with Crippen LogP contribution in [0.15, 0.2) is 0 Å². The van der Waals surface area contributed by atoms with E-state index < -0.39 is 12.1 Å². The predicted octanol–water partition coefficient (Wildman–Crippen LogP) is -1.12. The molecule has 112 valence electrons. The molecule has 1 atom stereocenters. The molecule has 1 unspecified atom stereocenters. The summed E-state index contributed by atoms with van der Waals surface area (Å²) in [5.74, 6) is -0.380. The average Bonchev–Trinajstić information content (AvgIpc) is 2.90. The molecule has 0 saturated carbocycles. The number of hydrogen-bond donors (Lipinski definition) is 3. The average molecular weight is 284 g/mol. The van der Waals surface area contributed by atoms with Crippen LogP contribution in [0.5, 0.6) is 0 Å². The number of esters is 1. The molecule has 0 radical (unpaired) electrons. The largest absolute Gasteiger partial charge is 0.464 e. The third-order valence-electron chi connectivity index (χ3n) is 3.47. The third-order valence-corrected chi connectivity index (χ3v) is 3.47. The molecule has 0 amide bonds. The Balaban J connectivity index is 2.31. The first-order valence-corrected chi connectivity index (χ1v) is 6.68. The zero-order valence-corrected chi connectivity index (χ0v) is 11.4. The topological polar surface area (TPSA) is 110 Å². The Morgan fingerprint density at radius 2 is 2.25 bits per heavy atom. The number of piperidine rings is 1. The van der Waals surface area contributed by atoms with Crippen molar-refractivity contribution in [3.05, 3.63) is 11.4 Å². The Morgan fingerprint density at radius 1 is 1.55 bits per heavy atom. The van der Waals surface area contributed by atoms with Gasteiger partial charge in [-0.3, -0.25) is 0 Å². The van der Waals surface area contributed by atoms with Crippen LogP contribution >= 0.6 is 0 Å². The van der Waals surface area contributed by atoms with Gasteiger partial charge in [-0.15, -0.1) is 5.10 Å². The lowest BCUT2D eigenvalue weighted by Crippen LogP contribution is -2.30. The van der Waals surface area contributed by atoms with E-state index in [4.69, 9.17) is 9.84 Å². The molecule has 8 heteroatoms. The highest BCUT2D eigenvalue weighted by atomic mass is 16.5. The SMILES string of the molecule is COC(=O)c1nnn(CC(O)CO)c1C1CCNCC1. The van der Waals surface area contributed by atoms with Crippen LogP contribution in [0, 0.1) is 0 Å². The molecule has 3 N–H and O–H groups in total. The van der Waals surface area contributed by atoms with Crippen molar-refractivity contribution < 1.29 is 19.7 Å². The van der Waals surface area contributed by atoms with Crippen molar-refractivity contribution in [3.63, 3.8) is 0 Å². The Kier molecular flexibility index (Phi) is 5.05. The van der Waals surface area contributed by atoms with Crippen LogP contribution in [0.3, 0.4) is 0 Å². The molecule has 0 aromatic carbocycles. The van der Waals surface area contributed by atoms with Crippen molar-refractivity contribution in [2.24, 2.45) is 0 Å². The highest BCUT2D eigenvalue weighted by molar-refractivity contribution is 5.88. The first-order valence-electron chi connectivity index (χ1n) is 6.68. The molecule has 2 rings (SSSR count). The fraction of sp³-hybridized carbons (Fsp3) is 0.750. The van der Waals surface area contributed by atoms with Crippen molar-refractivity contribution in [1.29, 1.82) is 0 Å². The van der Waals surface area contributed by atoms with Crippen LogP contribution in [-0.2, 0) is 11.3 Å². The number of nitrogens with one attached hydrogen (secondary N) is 1. The molecule has 0 aliphatic carbocycles. The third kappa shape index (κ3) is 3.14. The second-order valence-electron chi connectivity index (χ2n) is 4.86. The zero-order valence-electron chi connectivity index (χ0n) is 11.4. The zero-order chi connectivity index (χ0) is 14.5. The van der Waals surface area contributed by atoms with Gasteiger partial charge in [0.15, 0.2) is 5.69 Å². The van der Waals surface area contributed by atoms with Crippen LogP contribution in [0.25, 0.3) is 0 Å². The van der Waals surface area contributed by atoms with Gasteiger partial charge in [-0.2, -0.15) is 0 Å². The number of carbonyl (C=O) groups is 1. The summed E-state index contributed by atoms with van der Waals surface area (Å²) in [6.45, 7) is 1.47. The summed E-state index contributed by atoms with van der Waals surface area (Å²) in [6, 6.07) is 0. The van der Waals surface area contributed by atoms with Gasteiger partial charge in [0.25, 0.3) is 0 Å². The van der Waals surface area contributed by atoms with Gasteiger partial charge >= 0.3 is 5.97 Å². The minimum atomic E-state index is -0.928. The molecule has 1 fully saturated rings. The summed E-state index contributed by atoms with van der Waals surface area (Å²) in [5.41, 5.74) is 0.885. The molecule has 2 heterocycles. The maximum Gasteiger partial charge on any atom is 0.360 e. The van der Waals surface area contributed by atoms with Gasteiger partial charge < -0.3 is 20.3 Å². The van der Waals surface area contributed by atoms with Gasteiger partial charge in [-0.05, 0) is 25.9 Å². The van der Waals surface area contributed by atoms with E-state index in [2.05, 4.69) is 15.6 Å². The number of carbonyl (C=O) groups excluding carboxylic acids is 1. The van der Waals surface area contributed by atoms with Crippen LogP contribution in [-0.4, -0.2) is 64.1 Å². The van der Waals surface area contributed by atoms with Gasteiger partial charge in [0.05, 0.1) is 32.1 Å². The van der Waals surface area contributed by atoms with Crippen LogP contribution in [0.4, 0.5) is 0 Å². The monoisotopic (exact) mass is 284 g/mol. The molecule has 8 nitrogen and oxygen atoms in total. The van der Waals surface area contributed by atoms with Gasteiger partial charge in [0.2, 0.25) is 0 Å². The Hall–Kier alpha value is -1.51. The van der Waals surface area contributed by atoms with Crippen LogP contribution in [0.2, 0.25) is 0 Å². The first kappa shape index (κ1) is 14.9. The highest BCUT2D eigenvalue weighted by Gasteiger charge is 2.28. The lowest BCUT2D eigenvalue weighted by Gasteiger charge is -2.24. The van der Waals surface area contributed by atoms with Crippen molar-refractivity contribution in [2.75, 3.05) is 26.8 Å². The van der Waals surface area contributed by atoms with Crippen molar-refractivity contribution in [3.8, 4) is 0 Å². The smallest absolute Gasteiger partial charge is 0.360 e. The highest BCUT2D eigenvalue weighted by Crippen LogP contribution is 2.27. The molecule has 1 aromatic heterocycles. The summed E-state index contributed by atoms with van der Waals surface area (Å²) in [5, 5.41) is 29.6. The van der Waals surface area contributed by atoms with Gasteiger partial charge in [-0.1, -0.05) is 5.21 Å². The number of hydrogen-bond acceptors (Lipinski definition) is 7. The molecule has 1 aliphatic heterocycles. The van der Waals surface area contributed by atoms with E-state index in [0.29, 0.717) is 5.69 Å². The minimum Gasteiger partial charge on any atom is -0.464 e. The Bertz CT molecular complexity index is 456. The van der Waals surface area contributed by atoms with Crippen molar-refractivity contribution in [2.45, 2.75) is 31.4 Å². The standard InChI is InChI=1S/C12H20N4O4/c1-20-12(19)10-11(8-2-4-13-5-3-8)16(15-14-10)6-9(18)7-17/h8-9,13,17-18H,2-7H2,1H3. The lowest BCUT2D eigenvalue weighted by molar-refractivity contribution is 0.0590. The van der Waals surface area contributed by atoms with Gasteiger partial charge in [0, 0.05) is 5.92 Å². The number of aliphatic hydroxyl groups excluding tert-OH is 2. The second kappa shape index (κ2) is 6.78. The van der Waals surface area contributed by atoms with Gasteiger partial charge in [0.1, 0.15) is 0 Å². The maximum absolute atomic E-state index is 11.8. The molecule has 1 aliphatic rings. The number of ether oxygens (including phenoxy) is 1. The summed E-state index contributed by atoms with van der Waals surface area (Å²) in [4.78, 5) is 11.8. The number of nitrogens with zero attached hydrogens (tertiary/aromatic N) is 3. The van der Waals surface area contributed by atoms with Crippen molar-refractivity contribution >= 4 is 5.97 Å². The van der Waals surface area contributed by atoms with Gasteiger partial charge in [-0.25, -0.2) is 9.48 Å². The van der Waals surface area contributed by atoms with E-state index in [0.717, 1.165) is 25.9 Å². The number of methoxy groups -OCH3 is 1. The Labute approximate surface area is 116 Å². The van der Waals surface area contributed by atoms with E-state index in [1.54, 1.807) is 0 Å². The van der Waals surface area contributed by atoms with E-state index >= 15 is 0 Å². The predicted molar refractivity (Wildman–Crippen MR) is 69.3 cm³/mol. The van der Waals surface area contributed by atoms with Crippen LogP contribution in [0.1, 0.15) is 34.9 Å². The fourth-order valence-electron chi connectivity index (χ4n) is 2.45. The maximum atomic E-state index is 11.8. The summed E-state index contributed by atoms with van der Waals surface area (Å²) >= 11 is 0. The molecular weight excluding hydrogens is 264 g/mol. The normalized spacial score (nSPS) is 17.9. The summed E-state index contributed by atoms with van der Waals surface area (Å²) in [6.07, 6.45) is 0.807. The first-order chi connectivity index (χ1) is 9.67. The lowest BCUT2D eigenvalue weighted by atomic mass is 9.93. The van der Waals surface area contributed by atoms with E-state index in [-0.39, 0.29) is 24.8 Å². The van der Waals surface area contributed by atoms with Crippen LogP contribution < -0.4 is 5.32 Å². The summed E-state index contributed by atoms with van der Waals surface area (Å²) in [7, 11) is 1.30. The number of aromatic nitrogens is 3. The minimum absolute atomic E-state index is 0.111. The summed E-state index contributed by atoms with van der Waals surface area (Å²) < 4.78 is 6.23. The number of aliphatic hydroxyl groups is 2. The molecule has 0 spiro atoms. The quantitative estimate of drug-likeness (QED) is 0.588. The van der Waals surface area contributed by atoms with E-state index in [1.807, 2.05) is 0 Å².